The molecule has 3 heteroatoms. The van der Waals surface area contributed by atoms with E-state index in [4.69, 9.17) is 10.6 Å². The number of benzene rings is 1. The molecule has 3 rings (SSSR count). The fourth-order valence-corrected chi connectivity index (χ4v) is 3.74. The summed E-state index contributed by atoms with van der Waals surface area (Å²) in [5, 5.41) is 0. The standard InChI is InChI=1S/C16H24N2O/c17-18-16(12-7-3-1-2-4-8-12)14-11-19-15-10-6-5-9-13(14)15/h5-6,9-10,12,14,16,18H,1-4,7-8,11,17H2. The number of ether oxygens (including phenoxy) is 1. The third-order valence-electron chi connectivity index (χ3n) is 4.77. The third kappa shape index (κ3) is 2.63. The van der Waals surface area contributed by atoms with Gasteiger partial charge >= 0.3 is 0 Å². The Kier molecular flexibility index (Phi) is 4.04. The largest absolute Gasteiger partial charge is 0.493 e. The molecule has 1 heterocycles. The van der Waals surface area contributed by atoms with Crippen LogP contribution in [0.25, 0.3) is 0 Å². The molecule has 1 fully saturated rings. The molecule has 2 aliphatic rings. The SMILES string of the molecule is NNC(C1CCCCCC1)C1COc2ccccc21. The Bertz CT molecular complexity index is 413. The van der Waals surface area contributed by atoms with Crippen LogP contribution in [0.1, 0.15) is 50.0 Å². The van der Waals surface area contributed by atoms with Gasteiger partial charge in [-0.2, -0.15) is 0 Å². The zero-order valence-electron chi connectivity index (χ0n) is 11.5. The van der Waals surface area contributed by atoms with E-state index < -0.39 is 0 Å². The van der Waals surface area contributed by atoms with Crippen LogP contribution in [0.4, 0.5) is 0 Å². The van der Waals surface area contributed by atoms with Gasteiger partial charge in [-0.3, -0.25) is 11.3 Å². The molecule has 1 aliphatic heterocycles. The molecule has 1 aliphatic carbocycles. The minimum atomic E-state index is 0.349. The van der Waals surface area contributed by atoms with Gasteiger partial charge < -0.3 is 4.74 Å². The molecule has 1 aromatic rings. The van der Waals surface area contributed by atoms with Gasteiger partial charge in [0.15, 0.2) is 0 Å². The van der Waals surface area contributed by atoms with Gasteiger partial charge in [0.2, 0.25) is 0 Å². The lowest BCUT2D eigenvalue weighted by Crippen LogP contribution is -2.45. The van der Waals surface area contributed by atoms with E-state index >= 15 is 0 Å². The summed E-state index contributed by atoms with van der Waals surface area (Å²) in [5.41, 5.74) is 4.43. The Morgan fingerprint density at radius 3 is 2.58 bits per heavy atom. The van der Waals surface area contributed by atoms with E-state index in [1.54, 1.807) is 0 Å². The molecule has 0 bridgehead atoms. The topological polar surface area (TPSA) is 47.3 Å². The van der Waals surface area contributed by atoms with Crippen molar-refractivity contribution in [3.63, 3.8) is 0 Å². The zero-order valence-corrected chi connectivity index (χ0v) is 11.5. The average Bonchev–Trinajstić information content (AvgIpc) is 2.69. The van der Waals surface area contributed by atoms with Crippen LogP contribution in [0, 0.1) is 5.92 Å². The summed E-state index contributed by atoms with van der Waals surface area (Å²) in [6.45, 7) is 0.769. The predicted octanol–water partition coefficient (Wildman–Crippen LogP) is 2.96. The highest BCUT2D eigenvalue weighted by molar-refractivity contribution is 5.40. The normalized spacial score (nSPS) is 25.4. The molecule has 2 atom stereocenters. The Balaban J connectivity index is 1.79. The Labute approximate surface area is 115 Å². The maximum atomic E-state index is 5.89. The van der Waals surface area contributed by atoms with E-state index in [0.717, 1.165) is 12.4 Å². The number of hydrazine groups is 1. The van der Waals surface area contributed by atoms with Gasteiger partial charge in [0, 0.05) is 17.5 Å². The van der Waals surface area contributed by atoms with Gasteiger partial charge in [-0.15, -0.1) is 0 Å². The van der Waals surface area contributed by atoms with Crippen LogP contribution in [-0.2, 0) is 0 Å². The summed E-state index contributed by atoms with van der Waals surface area (Å²) in [5.74, 6) is 8.02. The molecule has 0 radical (unpaired) electrons. The molecule has 104 valence electrons. The maximum absolute atomic E-state index is 5.89. The van der Waals surface area contributed by atoms with Gasteiger partial charge in [0.25, 0.3) is 0 Å². The first-order valence-corrected chi connectivity index (χ1v) is 7.58. The van der Waals surface area contributed by atoms with E-state index in [1.807, 2.05) is 6.07 Å². The highest BCUT2D eigenvalue weighted by Gasteiger charge is 2.35. The molecule has 2 unspecified atom stereocenters. The summed E-state index contributed by atoms with van der Waals surface area (Å²) in [6.07, 6.45) is 8.05. The minimum absolute atomic E-state index is 0.349. The second-order valence-electron chi connectivity index (χ2n) is 5.90. The lowest BCUT2D eigenvalue weighted by atomic mass is 9.81. The van der Waals surface area contributed by atoms with Gasteiger partial charge in [-0.05, 0) is 24.8 Å². The van der Waals surface area contributed by atoms with Crippen molar-refractivity contribution in [1.29, 1.82) is 0 Å². The summed E-state index contributed by atoms with van der Waals surface area (Å²) in [4.78, 5) is 0. The Hall–Kier alpha value is -1.06. The van der Waals surface area contributed by atoms with E-state index in [9.17, 15) is 0 Å². The van der Waals surface area contributed by atoms with Crippen molar-refractivity contribution < 1.29 is 4.74 Å². The van der Waals surface area contributed by atoms with Crippen LogP contribution in [0.15, 0.2) is 24.3 Å². The van der Waals surface area contributed by atoms with Crippen LogP contribution in [0.5, 0.6) is 5.75 Å². The fourth-order valence-electron chi connectivity index (χ4n) is 3.74. The zero-order chi connectivity index (χ0) is 13.1. The number of nitrogens with two attached hydrogens (primary N) is 1. The summed E-state index contributed by atoms with van der Waals surface area (Å²) < 4.78 is 5.82. The third-order valence-corrected chi connectivity index (χ3v) is 4.77. The molecule has 1 saturated carbocycles. The monoisotopic (exact) mass is 260 g/mol. The molecule has 0 amide bonds. The maximum Gasteiger partial charge on any atom is 0.122 e. The van der Waals surface area contributed by atoms with Crippen LogP contribution < -0.4 is 16.0 Å². The minimum Gasteiger partial charge on any atom is -0.493 e. The summed E-state index contributed by atoms with van der Waals surface area (Å²) in [6, 6.07) is 8.74. The van der Waals surface area contributed by atoms with E-state index in [2.05, 4.69) is 23.6 Å². The lowest BCUT2D eigenvalue weighted by Gasteiger charge is -2.30. The predicted molar refractivity (Wildman–Crippen MR) is 77.0 cm³/mol. The second-order valence-corrected chi connectivity index (χ2v) is 5.90. The number of hydrogen-bond acceptors (Lipinski definition) is 3. The van der Waals surface area contributed by atoms with Gasteiger partial charge in [-0.25, -0.2) is 0 Å². The highest BCUT2D eigenvalue weighted by atomic mass is 16.5. The molecule has 0 saturated heterocycles. The van der Waals surface area contributed by atoms with E-state index in [1.165, 1.54) is 44.1 Å². The van der Waals surface area contributed by atoms with Gasteiger partial charge in [0.05, 0.1) is 6.61 Å². The van der Waals surface area contributed by atoms with E-state index in [0.29, 0.717) is 17.9 Å². The number of nitrogens with one attached hydrogen (secondary N) is 1. The molecule has 0 spiro atoms. The molecule has 0 aromatic heterocycles. The number of fused-ring (bicyclic) bond motifs is 1. The van der Waals surface area contributed by atoms with E-state index in [-0.39, 0.29) is 0 Å². The van der Waals surface area contributed by atoms with Crippen molar-refractivity contribution in [2.45, 2.75) is 50.5 Å². The van der Waals surface area contributed by atoms with Crippen LogP contribution in [-0.4, -0.2) is 12.6 Å². The van der Waals surface area contributed by atoms with Crippen molar-refractivity contribution >= 4 is 0 Å². The number of rotatable bonds is 3. The molecule has 3 nitrogen and oxygen atoms in total. The van der Waals surface area contributed by atoms with Crippen molar-refractivity contribution in [2.24, 2.45) is 11.8 Å². The summed E-state index contributed by atoms with van der Waals surface area (Å²) in [7, 11) is 0. The quantitative estimate of drug-likeness (QED) is 0.499. The number of para-hydroxylation sites is 1. The molecule has 19 heavy (non-hydrogen) atoms. The average molecular weight is 260 g/mol. The Morgan fingerprint density at radius 2 is 1.84 bits per heavy atom. The molecule has 3 N–H and O–H groups in total. The van der Waals surface area contributed by atoms with Crippen molar-refractivity contribution in [2.75, 3.05) is 6.61 Å². The first-order chi connectivity index (χ1) is 9.40. The van der Waals surface area contributed by atoms with Crippen LogP contribution in [0.3, 0.4) is 0 Å². The van der Waals surface area contributed by atoms with Gasteiger partial charge in [0.1, 0.15) is 5.75 Å². The molecular weight excluding hydrogens is 236 g/mol. The van der Waals surface area contributed by atoms with Gasteiger partial charge in [-0.1, -0.05) is 43.9 Å². The first-order valence-electron chi connectivity index (χ1n) is 7.58. The summed E-state index contributed by atoms with van der Waals surface area (Å²) >= 11 is 0. The molecule has 1 aromatic carbocycles. The lowest BCUT2D eigenvalue weighted by molar-refractivity contribution is 0.239. The fraction of sp³-hybridized carbons (Fsp3) is 0.625. The van der Waals surface area contributed by atoms with Crippen LogP contribution in [0.2, 0.25) is 0 Å². The second kappa shape index (κ2) is 5.93. The smallest absolute Gasteiger partial charge is 0.122 e. The van der Waals surface area contributed by atoms with Crippen molar-refractivity contribution in [3.8, 4) is 5.75 Å². The van der Waals surface area contributed by atoms with Crippen molar-refractivity contribution in [3.05, 3.63) is 29.8 Å². The van der Waals surface area contributed by atoms with Crippen molar-refractivity contribution in [1.82, 2.24) is 5.43 Å². The Morgan fingerprint density at radius 1 is 1.11 bits per heavy atom. The highest BCUT2D eigenvalue weighted by Crippen LogP contribution is 2.40. The van der Waals surface area contributed by atoms with Crippen LogP contribution >= 0.6 is 0 Å². The molecular formula is C16H24N2O. The first kappa shape index (κ1) is 12.9. The number of hydrogen-bond donors (Lipinski definition) is 2.